The maximum Gasteiger partial charge on any atom is 0.436 e. The van der Waals surface area contributed by atoms with Crippen LogP contribution in [-0.4, -0.2) is 35.7 Å². The SMILES string of the molecule is O=C(OF)C(C(=O)OF)(C(=O)Oc1ccccc1)C(F)(C(=O)Oc1ccccc1)C(F)(F)F. The van der Waals surface area contributed by atoms with E-state index in [4.69, 9.17) is 0 Å². The molecule has 0 saturated heterocycles. The molecule has 0 aliphatic heterocycles. The highest BCUT2D eigenvalue weighted by molar-refractivity contribution is 6.23. The van der Waals surface area contributed by atoms with Crippen LogP contribution in [0, 0.1) is 5.41 Å². The first-order valence-electron chi connectivity index (χ1n) is 8.43. The summed E-state index contributed by atoms with van der Waals surface area (Å²) < 4.78 is 91.6. The van der Waals surface area contributed by atoms with Gasteiger partial charge in [-0.3, -0.25) is 9.88 Å². The summed E-state index contributed by atoms with van der Waals surface area (Å²) in [6.07, 6.45) is -6.70. The van der Waals surface area contributed by atoms with Crippen molar-refractivity contribution in [3.05, 3.63) is 60.7 Å². The molecule has 0 spiro atoms. The van der Waals surface area contributed by atoms with Crippen molar-refractivity contribution in [1.29, 1.82) is 0 Å². The first-order valence-corrected chi connectivity index (χ1v) is 8.43. The molecule has 176 valence electrons. The number of esters is 2. The molecule has 0 aromatic heterocycles. The summed E-state index contributed by atoms with van der Waals surface area (Å²) in [7, 11) is 0. The molecule has 0 heterocycles. The van der Waals surface area contributed by atoms with Gasteiger partial charge in [0.1, 0.15) is 11.5 Å². The second-order valence-corrected chi connectivity index (χ2v) is 6.04. The van der Waals surface area contributed by atoms with Gasteiger partial charge in [0.25, 0.3) is 0 Å². The van der Waals surface area contributed by atoms with Crippen molar-refractivity contribution < 1.29 is 65.1 Å². The second-order valence-electron chi connectivity index (χ2n) is 6.04. The number of hydrogen-bond donors (Lipinski definition) is 0. The van der Waals surface area contributed by atoms with Crippen molar-refractivity contribution in [1.82, 2.24) is 0 Å². The van der Waals surface area contributed by atoms with E-state index < -0.39 is 52.6 Å². The smallest absolute Gasteiger partial charge is 0.425 e. The topological polar surface area (TPSA) is 105 Å². The number of carbonyl (C=O) groups excluding carboxylic acids is 4. The summed E-state index contributed by atoms with van der Waals surface area (Å²) in [4.78, 5) is 53.9. The van der Waals surface area contributed by atoms with E-state index in [-0.39, 0.29) is 0 Å². The summed E-state index contributed by atoms with van der Waals surface area (Å²) in [6, 6.07) is 10.6. The van der Waals surface area contributed by atoms with E-state index in [0.717, 1.165) is 48.5 Å². The summed E-state index contributed by atoms with van der Waals surface area (Å²) in [6.45, 7) is 0. The van der Waals surface area contributed by atoms with Crippen LogP contribution in [0.25, 0.3) is 0 Å². The van der Waals surface area contributed by atoms with Crippen LogP contribution >= 0.6 is 0 Å². The summed E-state index contributed by atoms with van der Waals surface area (Å²) in [5.41, 5.74) is -11.5. The fourth-order valence-electron chi connectivity index (χ4n) is 2.61. The van der Waals surface area contributed by atoms with Gasteiger partial charge in [0.2, 0.25) is 0 Å². The quantitative estimate of drug-likeness (QED) is 0.257. The predicted octanol–water partition coefficient (Wildman–Crippen LogP) is 3.31. The molecule has 2 aromatic rings. The Balaban J connectivity index is 2.79. The first kappa shape index (κ1) is 25.2. The fourth-order valence-corrected chi connectivity index (χ4v) is 2.61. The molecule has 1 unspecified atom stereocenters. The van der Waals surface area contributed by atoms with Crippen LogP contribution in [0.3, 0.4) is 0 Å². The average molecular weight is 480 g/mol. The second kappa shape index (κ2) is 9.58. The molecule has 14 heteroatoms. The summed E-state index contributed by atoms with van der Waals surface area (Å²) in [5.74, 6) is -14.1. The van der Waals surface area contributed by atoms with Gasteiger partial charge in [0, 0.05) is 9.05 Å². The molecule has 0 fully saturated rings. The van der Waals surface area contributed by atoms with E-state index in [1.165, 1.54) is 12.1 Å². The van der Waals surface area contributed by atoms with Crippen molar-refractivity contribution >= 4 is 23.9 Å². The molecule has 33 heavy (non-hydrogen) atoms. The van der Waals surface area contributed by atoms with Gasteiger partial charge in [-0.05, 0) is 24.3 Å². The molecular formula is C19H10F6O8. The molecule has 2 rings (SSSR count). The van der Waals surface area contributed by atoms with E-state index >= 15 is 4.39 Å². The Hall–Kier alpha value is -4.10. The van der Waals surface area contributed by atoms with Gasteiger partial charge >= 0.3 is 41.1 Å². The molecular weight excluding hydrogens is 470 g/mol. The van der Waals surface area contributed by atoms with Crippen molar-refractivity contribution in [2.24, 2.45) is 5.41 Å². The van der Waals surface area contributed by atoms with Crippen molar-refractivity contribution in [3.63, 3.8) is 0 Å². The minimum absolute atomic E-state index is 0.717. The molecule has 0 radical (unpaired) electrons. The monoisotopic (exact) mass is 480 g/mol. The molecule has 0 amide bonds. The van der Waals surface area contributed by atoms with Crippen LogP contribution in [-0.2, 0) is 29.1 Å². The van der Waals surface area contributed by atoms with E-state index in [9.17, 15) is 41.4 Å². The highest BCUT2D eigenvalue weighted by atomic mass is 19.4. The first-order chi connectivity index (χ1) is 15.5. The van der Waals surface area contributed by atoms with Gasteiger partial charge in [-0.25, -0.2) is 23.6 Å². The summed E-state index contributed by atoms with van der Waals surface area (Å²) >= 11 is 0. The lowest BCUT2D eigenvalue weighted by molar-refractivity contribution is -0.281. The van der Waals surface area contributed by atoms with E-state index in [1.54, 1.807) is 0 Å². The fraction of sp³-hybridized carbons (Fsp3) is 0.158. The number of rotatable bonds is 7. The van der Waals surface area contributed by atoms with Crippen LogP contribution in [0.1, 0.15) is 0 Å². The molecule has 0 N–H and O–H groups in total. The van der Waals surface area contributed by atoms with Gasteiger partial charge in [-0.15, -0.1) is 0 Å². The number of carbonyl (C=O) groups is 4. The Morgan fingerprint density at radius 1 is 0.576 bits per heavy atom. The van der Waals surface area contributed by atoms with Crippen molar-refractivity contribution in [3.8, 4) is 11.5 Å². The molecule has 0 aliphatic rings. The number of hydrogen-bond acceptors (Lipinski definition) is 8. The molecule has 0 aliphatic carbocycles. The Bertz CT molecular complexity index is 1010. The van der Waals surface area contributed by atoms with Gasteiger partial charge in [-0.1, -0.05) is 36.4 Å². The number of benzene rings is 2. The standard InChI is InChI=1S/C19H10F6O8/c20-18(19(21,22)23,16(29)31-12-9-5-2-6-10-12)17(14(27)32-24,15(28)33-25)13(26)30-11-7-3-1-4-8-11/h1-10H. The van der Waals surface area contributed by atoms with Gasteiger partial charge in [-0.2, -0.15) is 13.2 Å². The number of ether oxygens (including phenoxy) is 2. The maximum atomic E-state index is 15.7. The van der Waals surface area contributed by atoms with E-state index in [2.05, 4.69) is 19.4 Å². The average Bonchev–Trinajstić information content (AvgIpc) is 2.79. The number of alkyl halides is 4. The van der Waals surface area contributed by atoms with Crippen molar-refractivity contribution in [2.75, 3.05) is 0 Å². The molecule has 1 atom stereocenters. The number of para-hydroxylation sites is 2. The third-order valence-electron chi connectivity index (χ3n) is 4.15. The normalized spacial score (nSPS) is 13.3. The zero-order valence-corrected chi connectivity index (χ0v) is 15.8. The lowest BCUT2D eigenvalue weighted by atomic mass is 9.71. The minimum Gasteiger partial charge on any atom is -0.425 e. The van der Waals surface area contributed by atoms with Crippen LogP contribution in [0.2, 0.25) is 0 Å². The van der Waals surface area contributed by atoms with Crippen LogP contribution < -0.4 is 9.47 Å². The van der Waals surface area contributed by atoms with Crippen LogP contribution in [0.4, 0.5) is 26.6 Å². The Morgan fingerprint density at radius 3 is 1.27 bits per heavy atom. The summed E-state index contributed by atoms with van der Waals surface area (Å²) in [5, 5.41) is 0. The highest BCUT2D eigenvalue weighted by Gasteiger charge is 2.87. The third kappa shape index (κ3) is 4.31. The van der Waals surface area contributed by atoms with Crippen molar-refractivity contribution in [2.45, 2.75) is 11.8 Å². The van der Waals surface area contributed by atoms with Gasteiger partial charge in [0.05, 0.1) is 0 Å². The largest absolute Gasteiger partial charge is 0.436 e. The predicted molar refractivity (Wildman–Crippen MR) is 90.9 cm³/mol. The zero-order chi connectivity index (χ0) is 24.9. The molecule has 0 bridgehead atoms. The van der Waals surface area contributed by atoms with E-state index in [0.29, 0.717) is 0 Å². The minimum atomic E-state index is -6.70. The third-order valence-corrected chi connectivity index (χ3v) is 4.15. The van der Waals surface area contributed by atoms with Gasteiger partial charge < -0.3 is 9.47 Å². The van der Waals surface area contributed by atoms with E-state index in [1.807, 2.05) is 0 Å². The molecule has 0 saturated carbocycles. The van der Waals surface area contributed by atoms with Crippen LogP contribution in [0.5, 0.6) is 11.5 Å². The maximum absolute atomic E-state index is 15.7. The van der Waals surface area contributed by atoms with Crippen LogP contribution in [0.15, 0.2) is 60.7 Å². The molecule has 2 aromatic carbocycles. The molecule has 8 nitrogen and oxygen atoms in total. The zero-order valence-electron chi connectivity index (χ0n) is 15.8. The Kier molecular flexibility index (Phi) is 7.31. The van der Waals surface area contributed by atoms with Gasteiger partial charge in [0.15, 0.2) is 0 Å². The lowest BCUT2D eigenvalue weighted by Gasteiger charge is -2.35. The lowest BCUT2D eigenvalue weighted by Crippen LogP contribution is -2.71. The Morgan fingerprint density at radius 2 is 0.939 bits per heavy atom. The highest BCUT2D eigenvalue weighted by Crippen LogP contribution is 2.51. The number of halogens is 6. The Labute approximate surface area is 179 Å².